The average molecular weight is 357 g/mol. The molecule has 2 aromatic carbocycles. The smallest absolute Gasteiger partial charge is 0.119 e. The van der Waals surface area contributed by atoms with E-state index in [-0.39, 0.29) is 0 Å². The summed E-state index contributed by atoms with van der Waals surface area (Å²) in [5.41, 5.74) is 10.7. The Morgan fingerprint density at radius 3 is 2.68 bits per heavy atom. The van der Waals surface area contributed by atoms with Crippen LogP contribution >= 0.6 is 11.6 Å². The van der Waals surface area contributed by atoms with Gasteiger partial charge in [0.2, 0.25) is 0 Å². The van der Waals surface area contributed by atoms with Gasteiger partial charge in [-0.1, -0.05) is 29.8 Å². The van der Waals surface area contributed by atoms with Crippen molar-refractivity contribution in [3.05, 3.63) is 64.2 Å². The molecule has 1 saturated carbocycles. The van der Waals surface area contributed by atoms with Crippen LogP contribution in [-0.4, -0.2) is 25.4 Å². The van der Waals surface area contributed by atoms with Gasteiger partial charge in [0.1, 0.15) is 12.4 Å². The van der Waals surface area contributed by atoms with E-state index in [1.54, 1.807) is 0 Å². The second-order valence-electron chi connectivity index (χ2n) is 6.49. The number of aryl methyl sites for hydroxylation is 1. The SMILES string of the molecule is Cc1ccc(OCCN)cc1CCN=C1CCC1c1ccc(Cl)cc1. The van der Waals surface area contributed by atoms with Crippen molar-refractivity contribution in [1.82, 2.24) is 0 Å². The van der Waals surface area contributed by atoms with Crippen molar-refractivity contribution in [1.29, 1.82) is 0 Å². The summed E-state index contributed by atoms with van der Waals surface area (Å²) in [4.78, 5) is 4.86. The predicted molar refractivity (Wildman–Crippen MR) is 105 cm³/mol. The van der Waals surface area contributed by atoms with Crippen molar-refractivity contribution in [3.63, 3.8) is 0 Å². The molecule has 1 aliphatic rings. The molecule has 0 saturated heterocycles. The molecule has 3 rings (SSSR count). The number of halogens is 1. The molecule has 0 radical (unpaired) electrons. The van der Waals surface area contributed by atoms with E-state index in [0.29, 0.717) is 19.1 Å². The van der Waals surface area contributed by atoms with E-state index in [2.05, 4.69) is 31.2 Å². The van der Waals surface area contributed by atoms with Gasteiger partial charge in [-0.25, -0.2) is 0 Å². The molecule has 0 amide bonds. The molecule has 0 bridgehead atoms. The molecule has 0 aliphatic heterocycles. The second kappa shape index (κ2) is 8.50. The minimum Gasteiger partial charge on any atom is -0.492 e. The summed E-state index contributed by atoms with van der Waals surface area (Å²) in [7, 11) is 0. The van der Waals surface area contributed by atoms with Gasteiger partial charge in [-0.15, -0.1) is 0 Å². The summed E-state index contributed by atoms with van der Waals surface area (Å²) in [6.45, 7) is 4.03. The molecule has 1 fully saturated rings. The molecule has 0 heterocycles. The van der Waals surface area contributed by atoms with Crippen molar-refractivity contribution in [2.45, 2.75) is 32.1 Å². The van der Waals surface area contributed by atoms with Crippen molar-refractivity contribution in [2.75, 3.05) is 19.7 Å². The molecule has 1 aliphatic carbocycles. The van der Waals surface area contributed by atoms with Crippen LogP contribution < -0.4 is 10.5 Å². The van der Waals surface area contributed by atoms with Crippen molar-refractivity contribution in [2.24, 2.45) is 10.7 Å². The maximum Gasteiger partial charge on any atom is 0.119 e. The fourth-order valence-corrected chi connectivity index (χ4v) is 3.29. The van der Waals surface area contributed by atoms with E-state index in [0.717, 1.165) is 30.2 Å². The van der Waals surface area contributed by atoms with Crippen LogP contribution in [0.4, 0.5) is 0 Å². The third kappa shape index (κ3) is 4.62. The summed E-state index contributed by atoms with van der Waals surface area (Å²) >= 11 is 5.98. The van der Waals surface area contributed by atoms with Crippen molar-refractivity contribution in [3.8, 4) is 5.75 Å². The van der Waals surface area contributed by atoms with E-state index in [4.69, 9.17) is 27.1 Å². The van der Waals surface area contributed by atoms with E-state index in [1.165, 1.54) is 28.8 Å². The molecule has 4 heteroatoms. The standard InChI is InChI=1S/C21H25ClN2O/c1-15-2-7-19(25-13-11-23)14-17(15)10-12-24-21-9-8-20(21)16-3-5-18(22)6-4-16/h2-7,14,20H,8-13,23H2,1H3. The first-order chi connectivity index (χ1) is 12.2. The fraction of sp³-hybridized carbons (Fsp3) is 0.381. The zero-order valence-corrected chi connectivity index (χ0v) is 15.4. The number of rotatable bonds is 7. The Balaban J connectivity index is 1.60. The minimum atomic E-state index is 0.470. The molecule has 0 aromatic heterocycles. The molecule has 1 atom stereocenters. The van der Waals surface area contributed by atoms with Crippen LogP contribution in [-0.2, 0) is 6.42 Å². The third-order valence-electron chi connectivity index (χ3n) is 4.77. The van der Waals surface area contributed by atoms with Gasteiger partial charge in [-0.2, -0.15) is 0 Å². The molecule has 25 heavy (non-hydrogen) atoms. The van der Waals surface area contributed by atoms with Crippen LogP contribution in [0.1, 0.15) is 35.4 Å². The molecular weight excluding hydrogens is 332 g/mol. The van der Waals surface area contributed by atoms with Crippen molar-refractivity contribution < 1.29 is 4.74 Å². The predicted octanol–water partition coefficient (Wildman–Crippen LogP) is 4.55. The Morgan fingerprint density at radius 2 is 2.00 bits per heavy atom. The van der Waals surface area contributed by atoms with E-state index in [1.807, 2.05) is 18.2 Å². The van der Waals surface area contributed by atoms with Crippen LogP contribution in [0.15, 0.2) is 47.5 Å². The summed E-state index contributed by atoms with van der Waals surface area (Å²) < 4.78 is 5.62. The highest BCUT2D eigenvalue weighted by molar-refractivity contribution is 6.30. The molecule has 1 unspecified atom stereocenters. The summed E-state index contributed by atoms with van der Waals surface area (Å²) in [5.74, 6) is 1.36. The Kier molecular flexibility index (Phi) is 6.11. The first-order valence-electron chi connectivity index (χ1n) is 8.88. The Morgan fingerprint density at radius 1 is 1.20 bits per heavy atom. The largest absolute Gasteiger partial charge is 0.492 e. The average Bonchev–Trinajstić information content (AvgIpc) is 2.59. The highest BCUT2D eigenvalue weighted by atomic mass is 35.5. The topological polar surface area (TPSA) is 47.6 Å². The molecule has 2 aromatic rings. The summed E-state index contributed by atoms with van der Waals surface area (Å²) in [6.07, 6.45) is 3.22. The number of ether oxygens (including phenoxy) is 1. The number of hydrogen-bond donors (Lipinski definition) is 1. The van der Waals surface area contributed by atoms with Gasteiger partial charge in [0.15, 0.2) is 0 Å². The van der Waals surface area contributed by atoms with E-state index >= 15 is 0 Å². The first-order valence-corrected chi connectivity index (χ1v) is 9.26. The number of aliphatic imine (C=N–C) groups is 1. The number of benzene rings is 2. The van der Waals surface area contributed by atoms with Gasteiger partial charge in [0, 0.05) is 29.7 Å². The maximum atomic E-state index is 5.98. The lowest BCUT2D eigenvalue weighted by atomic mass is 9.78. The second-order valence-corrected chi connectivity index (χ2v) is 6.93. The molecule has 0 spiro atoms. The monoisotopic (exact) mass is 356 g/mol. The van der Waals surface area contributed by atoms with Crippen LogP contribution in [0.5, 0.6) is 5.75 Å². The van der Waals surface area contributed by atoms with Crippen molar-refractivity contribution >= 4 is 17.3 Å². The number of nitrogens with two attached hydrogens (primary N) is 1. The number of nitrogens with zero attached hydrogens (tertiary/aromatic N) is 1. The van der Waals surface area contributed by atoms with E-state index in [9.17, 15) is 0 Å². The Hall–Kier alpha value is -1.84. The zero-order valence-electron chi connectivity index (χ0n) is 14.7. The molecule has 2 N–H and O–H groups in total. The van der Waals surface area contributed by atoms with Gasteiger partial charge in [0.05, 0.1) is 0 Å². The van der Waals surface area contributed by atoms with Crippen LogP contribution in [0.3, 0.4) is 0 Å². The highest BCUT2D eigenvalue weighted by Crippen LogP contribution is 2.34. The van der Waals surface area contributed by atoms with Crippen LogP contribution in [0.25, 0.3) is 0 Å². The quantitative estimate of drug-likeness (QED) is 0.791. The zero-order chi connectivity index (χ0) is 17.6. The minimum absolute atomic E-state index is 0.470. The number of hydrogen-bond acceptors (Lipinski definition) is 3. The lowest BCUT2D eigenvalue weighted by Gasteiger charge is -2.29. The normalized spacial score (nSPS) is 18.2. The fourth-order valence-electron chi connectivity index (χ4n) is 3.16. The Labute approximate surface area is 154 Å². The van der Waals surface area contributed by atoms with Gasteiger partial charge < -0.3 is 10.5 Å². The first kappa shape index (κ1) is 18.0. The molecule has 132 valence electrons. The van der Waals surface area contributed by atoms with Gasteiger partial charge in [-0.3, -0.25) is 4.99 Å². The lowest BCUT2D eigenvalue weighted by Crippen LogP contribution is -2.24. The molecular formula is C21H25ClN2O. The Bertz CT molecular complexity index is 740. The van der Waals surface area contributed by atoms with Crippen LogP contribution in [0, 0.1) is 6.92 Å². The maximum absolute atomic E-state index is 5.98. The van der Waals surface area contributed by atoms with Gasteiger partial charge in [0.25, 0.3) is 0 Å². The highest BCUT2D eigenvalue weighted by Gasteiger charge is 2.27. The molecule has 3 nitrogen and oxygen atoms in total. The summed E-state index contributed by atoms with van der Waals surface area (Å²) in [6, 6.07) is 14.4. The lowest BCUT2D eigenvalue weighted by molar-refractivity contribution is 0.328. The summed E-state index contributed by atoms with van der Waals surface area (Å²) in [5, 5.41) is 0.786. The van der Waals surface area contributed by atoms with Crippen LogP contribution in [0.2, 0.25) is 5.02 Å². The van der Waals surface area contributed by atoms with Gasteiger partial charge in [-0.05, 0) is 67.1 Å². The van der Waals surface area contributed by atoms with Gasteiger partial charge >= 0.3 is 0 Å². The van der Waals surface area contributed by atoms with E-state index < -0.39 is 0 Å². The third-order valence-corrected chi connectivity index (χ3v) is 5.02.